The molecule has 2 atom stereocenters. The summed E-state index contributed by atoms with van der Waals surface area (Å²) >= 11 is 0. The van der Waals surface area contributed by atoms with Gasteiger partial charge in [-0.3, -0.25) is 10.3 Å². The smallest absolute Gasteiger partial charge is 0.209 e. The standard InChI is InChI=1S/C20H21F2N5O2S/c21-15-9-16(22)11-19(10-15)30(28,29)18-3-1-14(2-4-18)12-25-20(26-13-23)27-17-5-7-24-8-6-17/h1-8,15-16,19H,9-12H2,(H2,24,25,26,27). The van der Waals surface area contributed by atoms with Gasteiger partial charge in [0.2, 0.25) is 5.96 Å². The summed E-state index contributed by atoms with van der Waals surface area (Å²) < 4.78 is 52.7. The van der Waals surface area contributed by atoms with E-state index in [2.05, 4.69) is 20.6 Å². The van der Waals surface area contributed by atoms with Crippen LogP contribution in [-0.4, -0.2) is 37.0 Å². The van der Waals surface area contributed by atoms with Crippen molar-refractivity contribution >= 4 is 21.5 Å². The predicted octanol–water partition coefficient (Wildman–Crippen LogP) is 3.12. The van der Waals surface area contributed by atoms with E-state index in [1.54, 1.807) is 42.9 Å². The van der Waals surface area contributed by atoms with Gasteiger partial charge < -0.3 is 5.32 Å². The number of halogens is 2. The molecule has 0 aliphatic heterocycles. The molecule has 10 heteroatoms. The van der Waals surface area contributed by atoms with E-state index in [0.29, 0.717) is 11.3 Å². The minimum Gasteiger partial charge on any atom is -0.325 e. The molecule has 0 spiro atoms. The summed E-state index contributed by atoms with van der Waals surface area (Å²) in [4.78, 5) is 8.22. The van der Waals surface area contributed by atoms with Crippen molar-refractivity contribution in [3.8, 4) is 6.19 Å². The van der Waals surface area contributed by atoms with Gasteiger partial charge in [-0.15, -0.1) is 0 Å². The fraction of sp³-hybridized carbons (Fsp3) is 0.350. The van der Waals surface area contributed by atoms with Crippen molar-refractivity contribution in [2.45, 2.75) is 48.3 Å². The molecule has 1 aliphatic carbocycles. The second kappa shape index (κ2) is 9.63. The van der Waals surface area contributed by atoms with Gasteiger partial charge in [0.05, 0.1) is 16.7 Å². The number of benzene rings is 1. The Kier molecular flexibility index (Phi) is 6.95. The number of aromatic nitrogens is 1. The molecule has 1 aromatic carbocycles. The Morgan fingerprint density at radius 3 is 2.33 bits per heavy atom. The molecule has 0 saturated heterocycles. The van der Waals surface area contributed by atoms with Gasteiger partial charge in [-0.2, -0.15) is 5.26 Å². The fourth-order valence-electron chi connectivity index (χ4n) is 3.27. The highest BCUT2D eigenvalue weighted by atomic mass is 32.2. The Morgan fingerprint density at radius 1 is 1.10 bits per heavy atom. The quantitative estimate of drug-likeness (QED) is 0.325. The molecule has 1 saturated carbocycles. The van der Waals surface area contributed by atoms with Crippen LogP contribution in [-0.2, 0) is 16.4 Å². The second-order valence-corrected chi connectivity index (χ2v) is 9.20. The van der Waals surface area contributed by atoms with Crippen LogP contribution in [0.25, 0.3) is 0 Å². The monoisotopic (exact) mass is 433 g/mol. The molecule has 1 aliphatic rings. The zero-order chi connectivity index (χ0) is 21.6. The summed E-state index contributed by atoms with van der Waals surface area (Å²) in [6.07, 6.45) is 1.49. The Hall–Kier alpha value is -3.06. The molecule has 2 unspecified atom stereocenters. The van der Waals surface area contributed by atoms with E-state index in [1.165, 1.54) is 12.1 Å². The van der Waals surface area contributed by atoms with Crippen molar-refractivity contribution < 1.29 is 17.2 Å². The van der Waals surface area contributed by atoms with Crippen LogP contribution < -0.4 is 10.6 Å². The lowest BCUT2D eigenvalue weighted by Crippen LogP contribution is -2.34. The number of rotatable bonds is 5. The number of alkyl halides is 2. The van der Waals surface area contributed by atoms with Gasteiger partial charge in [-0.1, -0.05) is 12.1 Å². The highest BCUT2D eigenvalue weighted by Gasteiger charge is 2.37. The summed E-state index contributed by atoms with van der Waals surface area (Å²) in [5.74, 6) is 0.227. The maximum atomic E-state index is 13.6. The Labute approximate surface area is 173 Å². The largest absolute Gasteiger partial charge is 0.325 e. The number of aliphatic imine (C=N–C) groups is 1. The van der Waals surface area contributed by atoms with E-state index >= 15 is 0 Å². The van der Waals surface area contributed by atoms with Crippen molar-refractivity contribution in [2.75, 3.05) is 5.32 Å². The van der Waals surface area contributed by atoms with Crippen LogP contribution in [0.2, 0.25) is 0 Å². The van der Waals surface area contributed by atoms with Crippen LogP contribution in [0, 0.1) is 11.5 Å². The molecule has 2 aromatic rings. The van der Waals surface area contributed by atoms with Crippen molar-refractivity contribution in [1.29, 1.82) is 5.26 Å². The number of sulfone groups is 1. The number of anilines is 1. The normalized spacial score (nSPS) is 22.2. The maximum Gasteiger partial charge on any atom is 0.209 e. The minimum absolute atomic E-state index is 0.0341. The molecule has 158 valence electrons. The number of nitrogens with one attached hydrogen (secondary N) is 2. The first-order valence-electron chi connectivity index (χ1n) is 9.36. The van der Waals surface area contributed by atoms with Crippen LogP contribution in [0.5, 0.6) is 0 Å². The van der Waals surface area contributed by atoms with Gasteiger partial charge >= 0.3 is 0 Å². The minimum atomic E-state index is -3.81. The van der Waals surface area contributed by atoms with Gasteiger partial charge in [0.1, 0.15) is 12.3 Å². The summed E-state index contributed by atoms with van der Waals surface area (Å²) in [5, 5.41) is 13.2. The molecule has 0 radical (unpaired) electrons. The Balaban J connectivity index is 1.70. The van der Waals surface area contributed by atoms with Crippen molar-refractivity contribution in [1.82, 2.24) is 10.3 Å². The molecule has 2 N–H and O–H groups in total. The van der Waals surface area contributed by atoms with Crippen LogP contribution in [0.3, 0.4) is 0 Å². The lowest BCUT2D eigenvalue weighted by atomic mass is 9.97. The SMILES string of the molecule is N#CNC(=NCc1ccc(S(=O)(=O)C2CC(F)CC(F)C2)cc1)Nc1ccncc1. The van der Waals surface area contributed by atoms with E-state index in [1.807, 2.05) is 0 Å². The summed E-state index contributed by atoms with van der Waals surface area (Å²) in [6.45, 7) is 0.185. The molecule has 0 amide bonds. The van der Waals surface area contributed by atoms with Crippen molar-refractivity contribution in [2.24, 2.45) is 4.99 Å². The van der Waals surface area contributed by atoms with Gasteiger partial charge in [-0.05, 0) is 42.7 Å². The number of guanidine groups is 1. The first-order valence-corrected chi connectivity index (χ1v) is 10.9. The molecular weight excluding hydrogens is 412 g/mol. The second-order valence-electron chi connectivity index (χ2n) is 6.98. The van der Waals surface area contributed by atoms with Gasteiger partial charge in [0.15, 0.2) is 16.0 Å². The molecule has 3 rings (SSSR count). The lowest BCUT2D eigenvalue weighted by molar-refractivity contribution is 0.160. The van der Waals surface area contributed by atoms with Crippen LogP contribution in [0.4, 0.5) is 14.5 Å². The molecule has 1 heterocycles. The van der Waals surface area contributed by atoms with Crippen molar-refractivity contribution in [3.63, 3.8) is 0 Å². The van der Waals surface area contributed by atoms with E-state index in [0.717, 1.165) is 0 Å². The molecule has 1 fully saturated rings. The molecule has 30 heavy (non-hydrogen) atoms. The third-order valence-electron chi connectivity index (χ3n) is 4.78. The third kappa shape index (κ3) is 5.51. The van der Waals surface area contributed by atoms with E-state index < -0.39 is 27.4 Å². The number of hydrogen-bond acceptors (Lipinski definition) is 5. The number of nitrogens with zero attached hydrogens (tertiary/aromatic N) is 3. The Bertz CT molecular complexity index is 1010. The molecular formula is C20H21F2N5O2S. The van der Waals surface area contributed by atoms with E-state index in [-0.39, 0.29) is 36.7 Å². The summed E-state index contributed by atoms with van der Waals surface area (Å²) in [5.41, 5.74) is 1.40. The number of pyridine rings is 1. The van der Waals surface area contributed by atoms with Gasteiger partial charge in [0, 0.05) is 24.5 Å². The molecule has 1 aromatic heterocycles. The highest BCUT2D eigenvalue weighted by molar-refractivity contribution is 7.92. The summed E-state index contributed by atoms with van der Waals surface area (Å²) in [7, 11) is -3.81. The Morgan fingerprint density at radius 2 is 1.73 bits per heavy atom. The number of hydrogen-bond donors (Lipinski definition) is 2. The third-order valence-corrected chi connectivity index (χ3v) is 6.97. The van der Waals surface area contributed by atoms with Gasteiger partial charge in [0.25, 0.3) is 0 Å². The average Bonchev–Trinajstić information content (AvgIpc) is 2.72. The first kappa shape index (κ1) is 21.6. The maximum absolute atomic E-state index is 13.6. The van der Waals surface area contributed by atoms with Crippen molar-refractivity contribution in [3.05, 3.63) is 54.4 Å². The fourth-order valence-corrected chi connectivity index (χ4v) is 5.10. The summed E-state index contributed by atoms with van der Waals surface area (Å²) in [6, 6.07) is 9.45. The molecule has 7 nitrogen and oxygen atoms in total. The van der Waals surface area contributed by atoms with Crippen LogP contribution >= 0.6 is 0 Å². The van der Waals surface area contributed by atoms with Crippen LogP contribution in [0.15, 0.2) is 58.7 Å². The van der Waals surface area contributed by atoms with E-state index in [4.69, 9.17) is 5.26 Å². The average molecular weight is 433 g/mol. The number of nitriles is 1. The first-order chi connectivity index (χ1) is 14.4. The zero-order valence-electron chi connectivity index (χ0n) is 16.0. The zero-order valence-corrected chi connectivity index (χ0v) is 16.8. The highest BCUT2D eigenvalue weighted by Crippen LogP contribution is 2.32. The lowest BCUT2D eigenvalue weighted by Gasteiger charge is -2.27. The topological polar surface area (TPSA) is 107 Å². The molecule has 0 bridgehead atoms. The van der Waals surface area contributed by atoms with Gasteiger partial charge in [-0.25, -0.2) is 22.2 Å². The predicted molar refractivity (Wildman–Crippen MR) is 109 cm³/mol. The van der Waals surface area contributed by atoms with E-state index in [9.17, 15) is 17.2 Å². The van der Waals surface area contributed by atoms with Crippen LogP contribution in [0.1, 0.15) is 24.8 Å².